The first-order valence-corrected chi connectivity index (χ1v) is 23.6. The summed E-state index contributed by atoms with van der Waals surface area (Å²) in [7, 11) is -3.14. The summed E-state index contributed by atoms with van der Waals surface area (Å²) in [6.45, 7) is 0. The van der Waals surface area contributed by atoms with Crippen LogP contribution in [0.2, 0.25) is 0 Å². The number of fused-ring (bicyclic) bond motifs is 10. The van der Waals surface area contributed by atoms with E-state index in [1.807, 2.05) is 0 Å². The lowest BCUT2D eigenvalue weighted by Gasteiger charge is -2.32. The first-order chi connectivity index (χ1) is 31.3. The summed E-state index contributed by atoms with van der Waals surface area (Å²) in [6, 6.07) is 84.0. The standard InChI is InChI=1S/C58H38N4Si/c1-6-20-39(21-7-1)53-57-54(60-58(59-53)40-22-8-2-9-23-40)49-35-34-42(38-52(49)63(57,43-26-12-4-13-27-43)44-28-14-5-15-29-44)62-51-33-19-17-31-46(51)48-37-36-47-45-30-16-18-32-50(45)61(55(47)56(48)62)41-24-10-3-11-25-41/h1-38H. The van der Waals surface area contributed by atoms with Gasteiger partial charge in [0.1, 0.15) is 0 Å². The Morgan fingerprint density at radius 1 is 0.349 bits per heavy atom. The summed E-state index contributed by atoms with van der Waals surface area (Å²) in [6.07, 6.45) is 0. The van der Waals surface area contributed by atoms with Crippen molar-refractivity contribution in [1.29, 1.82) is 0 Å². The minimum Gasteiger partial charge on any atom is -0.307 e. The predicted molar refractivity (Wildman–Crippen MR) is 264 cm³/mol. The van der Waals surface area contributed by atoms with Gasteiger partial charge in [0.15, 0.2) is 13.9 Å². The lowest BCUT2D eigenvalue weighted by molar-refractivity contribution is 1.15. The molecule has 3 aromatic heterocycles. The molecule has 0 saturated carbocycles. The summed E-state index contributed by atoms with van der Waals surface area (Å²) in [5.74, 6) is 0.729. The molecule has 1 aliphatic rings. The Kier molecular flexibility index (Phi) is 7.89. The van der Waals surface area contributed by atoms with Crippen molar-refractivity contribution in [2.75, 3.05) is 0 Å². The summed E-state index contributed by atoms with van der Waals surface area (Å²) in [4.78, 5) is 11.2. The molecule has 0 bridgehead atoms. The zero-order chi connectivity index (χ0) is 41.5. The topological polar surface area (TPSA) is 35.6 Å². The second-order valence-electron chi connectivity index (χ2n) is 16.5. The van der Waals surface area contributed by atoms with E-state index in [1.54, 1.807) is 0 Å². The van der Waals surface area contributed by atoms with Crippen LogP contribution < -0.4 is 20.7 Å². The van der Waals surface area contributed by atoms with Gasteiger partial charge in [0, 0.05) is 54.8 Å². The largest absolute Gasteiger partial charge is 0.307 e. The molecule has 4 heterocycles. The molecule has 0 radical (unpaired) electrons. The Bertz CT molecular complexity index is 3670. The molecule has 0 aliphatic carbocycles. The minimum absolute atomic E-state index is 0.729. The second kappa shape index (κ2) is 14.0. The maximum atomic E-state index is 5.61. The molecule has 9 aromatic carbocycles. The van der Waals surface area contributed by atoms with Gasteiger partial charge in [-0.2, -0.15) is 0 Å². The van der Waals surface area contributed by atoms with Gasteiger partial charge >= 0.3 is 0 Å². The third-order valence-electron chi connectivity index (χ3n) is 13.2. The van der Waals surface area contributed by atoms with E-state index < -0.39 is 8.07 Å². The molecule has 0 fully saturated rings. The van der Waals surface area contributed by atoms with Crippen molar-refractivity contribution in [2.45, 2.75) is 0 Å². The van der Waals surface area contributed by atoms with E-state index in [0.717, 1.165) is 45.3 Å². The quantitative estimate of drug-likeness (QED) is 0.157. The Morgan fingerprint density at radius 3 is 1.38 bits per heavy atom. The molecular formula is C58H38N4Si. The van der Waals surface area contributed by atoms with Crippen LogP contribution in [0, 0.1) is 0 Å². The van der Waals surface area contributed by atoms with E-state index in [9.17, 15) is 0 Å². The lowest BCUT2D eigenvalue weighted by atomic mass is 10.1. The smallest absolute Gasteiger partial charge is 0.185 e. The van der Waals surface area contributed by atoms with Crippen LogP contribution in [-0.4, -0.2) is 27.2 Å². The van der Waals surface area contributed by atoms with Crippen molar-refractivity contribution in [1.82, 2.24) is 19.1 Å². The van der Waals surface area contributed by atoms with Crippen molar-refractivity contribution >= 4 is 72.4 Å². The van der Waals surface area contributed by atoms with Crippen LogP contribution in [0.25, 0.3) is 88.9 Å². The fourth-order valence-corrected chi connectivity index (χ4v) is 15.9. The number of benzene rings is 9. The van der Waals surface area contributed by atoms with Crippen molar-refractivity contribution in [3.63, 3.8) is 0 Å². The maximum absolute atomic E-state index is 5.61. The number of para-hydroxylation sites is 3. The molecule has 0 N–H and O–H groups in total. The average molecular weight is 819 g/mol. The molecule has 5 heteroatoms. The highest BCUT2D eigenvalue weighted by Gasteiger charge is 2.52. The first kappa shape index (κ1) is 35.6. The van der Waals surface area contributed by atoms with Crippen molar-refractivity contribution in [3.8, 4) is 45.3 Å². The van der Waals surface area contributed by atoms with Gasteiger partial charge in [-0.15, -0.1) is 0 Å². The van der Waals surface area contributed by atoms with Crippen molar-refractivity contribution in [3.05, 3.63) is 231 Å². The molecule has 63 heavy (non-hydrogen) atoms. The van der Waals surface area contributed by atoms with Gasteiger partial charge in [0.2, 0.25) is 0 Å². The summed E-state index contributed by atoms with van der Waals surface area (Å²) in [5.41, 5.74) is 12.2. The molecule has 0 saturated heterocycles. The zero-order valence-corrected chi connectivity index (χ0v) is 35.2. The van der Waals surface area contributed by atoms with E-state index in [2.05, 4.69) is 240 Å². The summed E-state index contributed by atoms with van der Waals surface area (Å²) in [5, 5.41) is 10.1. The predicted octanol–water partition coefficient (Wildman–Crippen LogP) is 11.4. The average Bonchev–Trinajstić information content (AvgIpc) is 3.99. The fourth-order valence-electron chi connectivity index (χ4n) is 10.6. The number of hydrogen-bond donors (Lipinski definition) is 0. The van der Waals surface area contributed by atoms with Crippen molar-refractivity contribution < 1.29 is 0 Å². The minimum atomic E-state index is -3.14. The molecular weight excluding hydrogens is 781 g/mol. The first-order valence-electron chi connectivity index (χ1n) is 21.6. The second-order valence-corrected chi connectivity index (χ2v) is 20.2. The van der Waals surface area contributed by atoms with Gasteiger partial charge in [-0.05, 0) is 52.0 Å². The number of hydrogen-bond acceptors (Lipinski definition) is 2. The third-order valence-corrected chi connectivity index (χ3v) is 18.0. The highest BCUT2D eigenvalue weighted by Crippen LogP contribution is 2.42. The van der Waals surface area contributed by atoms with Gasteiger partial charge in [0.25, 0.3) is 0 Å². The van der Waals surface area contributed by atoms with Crippen LogP contribution in [0.3, 0.4) is 0 Å². The van der Waals surface area contributed by atoms with Gasteiger partial charge < -0.3 is 9.13 Å². The molecule has 294 valence electrons. The van der Waals surface area contributed by atoms with E-state index in [-0.39, 0.29) is 0 Å². The van der Waals surface area contributed by atoms with E-state index in [1.165, 1.54) is 64.4 Å². The lowest BCUT2D eigenvalue weighted by Crippen LogP contribution is -2.73. The van der Waals surface area contributed by atoms with E-state index >= 15 is 0 Å². The Balaban J connectivity index is 1.20. The highest BCUT2D eigenvalue weighted by molar-refractivity contribution is 7.22. The fraction of sp³-hybridized carbons (Fsp3) is 0. The summed E-state index contributed by atoms with van der Waals surface area (Å²) >= 11 is 0. The van der Waals surface area contributed by atoms with Crippen LogP contribution in [0.1, 0.15) is 0 Å². The Labute approximate surface area is 365 Å². The molecule has 1 aliphatic heterocycles. The van der Waals surface area contributed by atoms with Gasteiger partial charge in [0.05, 0.1) is 33.5 Å². The number of aromatic nitrogens is 4. The van der Waals surface area contributed by atoms with Crippen LogP contribution in [-0.2, 0) is 0 Å². The number of nitrogens with zero attached hydrogens (tertiary/aromatic N) is 4. The SMILES string of the molecule is c1ccc(-c2nc(-c3ccccc3)c3c(n2)-c2ccc(-n4c5ccccc5c5ccc6c7ccccc7n(-c7ccccc7)c6c54)cc2[Si]3(c2ccccc2)c2ccccc2)cc1. The maximum Gasteiger partial charge on any atom is 0.185 e. The summed E-state index contributed by atoms with van der Waals surface area (Å²) < 4.78 is 4.99. The molecule has 4 nitrogen and oxygen atoms in total. The Hall–Kier alpha value is -8.12. The van der Waals surface area contributed by atoms with E-state index in [0.29, 0.717) is 0 Å². The van der Waals surface area contributed by atoms with Crippen molar-refractivity contribution in [2.24, 2.45) is 0 Å². The molecule has 0 atom stereocenters. The van der Waals surface area contributed by atoms with Crippen LogP contribution in [0.4, 0.5) is 0 Å². The Morgan fingerprint density at radius 2 is 0.810 bits per heavy atom. The van der Waals surface area contributed by atoms with Gasteiger partial charge in [-0.1, -0.05) is 194 Å². The van der Waals surface area contributed by atoms with Crippen LogP contribution >= 0.6 is 0 Å². The molecule has 12 aromatic rings. The van der Waals surface area contributed by atoms with E-state index in [4.69, 9.17) is 9.97 Å². The monoisotopic (exact) mass is 818 g/mol. The third kappa shape index (κ3) is 5.14. The number of rotatable bonds is 6. The molecule has 13 rings (SSSR count). The zero-order valence-electron chi connectivity index (χ0n) is 34.2. The molecule has 0 spiro atoms. The van der Waals surface area contributed by atoms with Crippen LogP contribution in [0.15, 0.2) is 231 Å². The molecule has 0 amide bonds. The molecule has 0 unspecified atom stereocenters. The van der Waals surface area contributed by atoms with Crippen LogP contribution in [0.5, 0.6) is 0 Å². The van der Waals surface area contributed by atoms with Gasteiger partial charge in [-0.25, -0.2) is 9.97 Å². The highest BCUT2D eigenvalue weighted by atomic mass is 28.3. The normalized spacial score (nSPS) is 12.9. The van der Waals surface area contributed by atoms with Gasteiger partial charge in [-0.3, -0.25) is 0 Å².